The first-order valence-electron chi connectivity index (χ1n) is 9.10. The van der Waals surface area contributed by atoms with Crippen LogP contribution in [0.2, 0.25) is 0 Å². The topological polar surface area (TPSA) is 104 Å². The molecule has 4 aromatic rings. The Bertz CT molecular complexity index is 1390. The maximum absolute atomic E-state index is 12.2. The quantitative estimate of drug-likeness (QED) is 0.585. The van der Waals surface area contributed by atoms with Crippen molar-refractivity contribution in [2.24, 2.45) is 0 Å². The number of hydrogen-bond donors (Lipinski definition) is 1. The molecule has 0 radical (unpaired) electrons. The van der Waals surface area contributed by atoms with Crippen LogP contribution >= 0.6 is 0 Å². The van der Waals surface area contributed by atoms with Gasteiger partial charge in [-0.2, -0.15) is 5.26 Å². The average molecular weight is 383 g/mol. The second kappa shape index (κ2) is 7.17. The number of nitriles is 1. The van der Waals surface area contributed by atoms with Gasteiger partial charge in [0.25, 0.3) is 5.56 Å². The third kappa shape index (κ3) is 3.44. The summed E-state index contributed by atoms with van der Waals surface area (Å²) >= 11 is 0. The van der Waals surface area contributed by atoms with Crippen molar-refractivity contribution < 1.29 is 0 Å². The summed E-state index contributed by atoms with van der Waals surface area (Å²) in [6.07, 6.45) is 1.76. The summed E-state index contributed by atoms with van der Waals surface area (Å²) in [7, 11) is 0. The molecule has 0 unspecified atom stereocenters. The lowest BCUT2D eigenvalue weighted by Crippen LogP contribution is -2.20. The number of pyridine rings is 2. The second-order valence-corrected chi connectivity index (χ2v) is 6.93. The molecule has 0 saturated carbocycles. The van der Waals surface area contributed by atoms with Gasteiger partial charge in [0, 0.05) is 35.5 Å². The van der Waals surface area contributed by atoms with Gasteiger partial charge < -0.3 is 9.55 Å². The van der Waals surface area contributed by atoms with Crippen LogP contribution in [0, 0.1) is 11.3 Å². The highest BCUT2D eigenvalue weighted by Gasteiger charge is 2.16. The molecule has 1 N–H and O–H groups in total. The van der Waals surface area contributed by atoms with Crippen LogP contribution in [0.1, 0.15) is 25.5 Å². The molecule has 0 atom stereocenters. The van der Waals surface area contributed by atoms with E-state index in [4.69, 9.17) is 4.98 Å². The fourth-order valence-corrected chi connectivity index (χ4v) is 3.16. The van der Waals surface area contributed by atoms with Crippen LogP contribution in [0.3, 0.4) is 0 Å². The van der Waals surface area contributed by atoms with Crippen molar-refractivity contribution in [2.75, 3.05) is 0 Å². The molecule has 0 aliphatic rings. The molecule has 4 rings (SSSR count). The Morgan fingerprint density at radius 2 is 1.79 bits per heavy atom. The predicted octanol–water partition coefficient (Wildman–Crippen LogP) is 3.27. The summed E-state index contributed by atoms with van der Waals surface area (Å²) < 4.78 is 1.63. The van der Waals surface area contributed by atoms with E-state index in [1.807, 2.05) is 19.9 Å². The zero-order chi connectivity index (χ0) is 20.5. The lowest BCUT2D eigenvalue weighted by atomic mass is 10.0. The molecule has 3 heterocycles. The average Bonchev–Trinajstić information content (AvgIpc) is 2.73. The van der Waals surface area contributed by atoms with Crippen LogP contribution in [-0.2, 0) is 0 Å². The van der Waals surface area contributed by atoms with E-state index < -0.39 is 0 Å². The number of nitrogens with zero attached hydrogens (tertiary/aromatic N) is 4. The molecule has 0 spiro atoms. The van der Waals surface area contributed by atoms with E-state index in [1.165, 1.54) is 12.1 Å². The Morgan fingerprint density at radius 1 is 1.00 bits per heavy atom. The van der Waals surface area contributed by atoms with E-state index in [1.54, 1.807) is 41.1 Å². The van der Waals surface area contributed by atoms with Crippen molar-refractivity contribution in [3.8, 4) is 28.6 Å². The number of hydrogen-bond acceptors (Lipinski definition) is 5. The first-order chi connectivity index (χ1) is 14.0. The van der Waals surface area contributed by atoms with E-state index in [0.29, 0.717) is 33.7 Å². The Kier molecular flexibility index (Phi) is 4.53. The van der Waals surface area contributed by atoms with Crippen LogP contribution in [0.25, 0.3) is 33.7 Å². The number of H-pyrrole nitrogens is 1. The monoisotopic (exact) mass is 383 g/mol. The summed E-state index contributed by atoms with van der Waals surface area (Å²) in [6, 6.07) is 15.4. The van der Waals surface area contributed by atoms with Gasteiger partial charge in [-0.3, -0.25) is 9.59 Å². The minimum absolute atomic E-state index is 0.0161. The first kappa shape index (κ1) is 18.3. The van der Waals surface area contributed by atoms with Crippen LogP contribution in [0.15, 0.2) is 64.3 Å². The predicted molar refractivity (Wildman–Crippen MR) is 110 cm³/mol. The fourth-order valence-electron chi connectivity index (χ4n) is 3.16. The highest BCUT2D eigenvalue weighted by molar-refractivity contribution is 5.84. The van der Waals surface area contributed by atoms with Gasteiger partial charge in [0.1, 0.15) is 5.52 Å². The number of aromatic nitrogens is 4. The minimum atomic E-state index is -0.273. The smallest absolute Gasteiger partial charge is 0.250 e. The standard InChI is InChI=1S/C22H17N5O2/c1-13(2)27-12-16(6-9-19(27)29)21-20(15-5-3-4-14(10-15)11-23)26-22-17(24-21)7-8-18(28)25-22/h3-10,12-13H,1-2H3,(H,25,26,28). The van der Waals surface area contributed by atoms with Crippen LogP contribution in [0.5, 0.6) is 0 Å². The maximum Gasteiger partial charge on any atom is 0.250 e. The Hall–Kier alpha value is -4.05. The molecule has 0 amide bonds. The van der Waals surface area contributed by atoms with Gasteiger partial charge >= 0.3 is 0 Å². The third-order valence-electron chi connectivity index (χ3n) is 4.59. The lowest BCUT2D eigenvalue weighted by Gasteiger charge is -2.14. The molecule has 0 saturated heterocycles. The molecule has 7 nitrogen and oxygen atoms in total. The van der Waals surface area contributed by atoms with Crippen molar-refractivity contribution in [3.63, 3.8) is 0 Å². The van der Waals surface area contributed by atoms with Gasteiger partial charge in [0.2, 0.25) is 5.56 Å². The van der Waals surface area contributed by atoms with E-state index in [2.05, 4.69) is 16.0 Å². The van der Waals surface area contributed by atoms with Crippen LogP contribution in [-0.4, -0.2) is 19.5 Å². The summed E-state index contributed by atoms with van der Waals surface area (Å²) in [5.41, 5.74) is 3.50. The second-order valence-electron chi connectivity index (χ2n) is 6.93. The van der Waals surface area contributed by atoms with Gasteiger partial charge in [-0.05, 0) is 38.1 Å². The van der Waals surface area contributed by atoms with Crippen LogP contribution < -0.4 is 11.1 Å². The van der Waals surface area contributed by atoms with E-state index in [-0.39, 0.29) is 17.2 Å². The van der Waals surface area contributed by atoms with Gasteiger partial charge in [0.05, 0.1) is 23.0 Å². The Labute approximate surface area is 165 Å². The molecule has 0 fully saturated rings. The van der Waals surface area contributed by atoms with Gasteiger partial charge in [0.15, 0.2) is 5.65 Å². The zero-order valence-corrected chi connectivity index (χ0v) is 15.9. The van der Waals surface area contributed by atoms with Crippen molar-refractivity contribution in [1.29, 1.82) is 5.26 Å². The van der Waals surface area contributed by atoms with E-state index in [0.717, 1.165) is 5.56 Å². The summed E-state index contributed by atoms with van der Waals surface area (Å²) in [5, 5.41) is 9.26. The number of benzene rings is 1. The lowest BCUT2D eigenvalue weighted by molar-refractivity contribution is 0.579. The highest BCUT2D eigenvalue weighted by Crippen LogP contribution is 2.30. The van der Waals surface area contributed by atoms with Gasteiger partial charge in [-0.25, -0.2) is 9.97 Å². The van der Waals surface area contributed by atoms with Crippen molar-refractivity contribution >= 4 is 11.2 Å². The summed E-state index contributed by atoms with van der Waals surface area (Å²) in [5.74, 6) is 0. The number of aromatic amines is 1. The highest BCUT2D eigenvalue weighted by atomic mass is 16.1. The summed E-state index contributed by atoms with van der Waals surface area (Å²) in [4.78, 5) is 36.0. The number of rotatable bonds is 3. The normalized spacial score (nSPS) is 11.0. The van der Waals surface area contributed by atoms with E-state index in [9.17, 15) is 14.9 Å². The van der Waals surface area contributed by atoms with Crippen molar-refractivity contribution in [2.45, 2.75) is 19.9 Å². The number of fused-ring (bicyclic) bond motifs is 1. The first-order valence-corrected chi connectivity index (χ1v) is 9.10. The molecular formula is C22H17N5O2. The molecule has 0 bridgehead atoms. The third-order valence-corrected chi connectivity index (χ3v) is 4.59. The van der Waals surface area contributed by atoms with Gasteiger partial charge in [-0.15, -0.1) is 0 Å². The Balaban J connectivity index is 2.05. The minimum Gasteiger partial charge on any atom is -0.312 e. The molecule has 0 aliphatic heterocycles. The molecule has 0 aliphatic carbocycles. The van der Waals surface area contributed by atoms with Gasteiger partial charge in [-0.1, -0.05) is 12.1 Å². The van der Waals surface area contributed by atoms with Crippen LogP contribution in [0.4, 0.5) is 0 Å². The SMILES string of the molecule is CC(C)n1cc(-c2nc3ccc(=O)[nH]c3nc2-c2cccc(C#N)c2)ccc1=O. The fraction of sp³-hybridized carbons (Fsp3) is 0.136. The van der Waals surface area contributed by atoms with E-state index >= 15 is 0 Å². The molecule has 142 valence electrons. The maximum atomic E-state index is 12.2. The molecular weight excluding hydrogens is 366 g/mol. The zero-order valence-electron chi connectivity index (χ0n) is 15.9. The summed E-state index contributed by atoms with van der Waals surface area (Å²) in [6.45, 7) is 3.86. The number of nitrogens with one attached hydrogen (secondary N) is 1. The van der Waals surface area contributed by atoms with Crippen molar-refractivity contribution in [3.05, 3.63) is 81.0 Å². The van der Waals surface area contributed by atoms with Crippen molar-refractivity contribution in [1.82, 2.24) is 19.5 Å². The largest absolute Gasteiger partial charge is 0.312 e. The molecule has 1 aromatic carbocycles. The molecule has 7 heteroatoms. The molecule has 29 heavy (non-hydrogen) atoms. The molecule has 3 aromatic heterocycles. The Morgan fingerprint density at radius 3 is 2.55 bits per heavy atom.